The predicted molar refractivity (Wildman–Crippen MR) is 65.4 cm³/mol. The molecule has 0 spiro atoms. The van der Waals surface area contributed by atoms with Crippen molar-refractivity contribution < 1.29 is 5.11 Å². The normalized spacial score (nSPS) is 19.8. The molecule has 1 aliphatic rings. The minimum absolute atomic E-state index is 0.0189. The summed E-state index contributed by atoms with van der Waals surface area (Å²) >= 11 is 0. The van der Waals surface area contributed by atoms with Gasteiger partial charge in [0.05, 0.1) is 12.3 Å². The number of hydrogen-bond donors (Lipinski definition) is 1. The van der Waals surface area contributed by atoms with Crippen LogP contribution in [-0.4, -0.2) is 23.2 Å². The largest absolute Gasteiger partial charge is 0.390 e. The molecule has 0 aromatic carbocycles. The second-order valence-corrected chi connectivity index (χ2v) is 5.35. The van der Waals surface area contributed by atoms with E-state index in [1.54, 1.807) is 6.20 Å². The first-order valence-corrected chi connectivity index (χ1v) is 5.91. The van der Waals surface area contributed by atoms with Crippen molar-refractivity contribution in [1.29, 1.82) is 0 Å². The second kappa shape index (κ2) is 4.42. The zero-order chi connectivity index (χ0) is 11.6. The van der Waals surface area contributed by atoms with Gasteiger partial charge in [0.15, 0.2) is 0 Å². The van der Waals surface area contributed by atoms with Crippen molar-refractivity contribution >= 4 is 5.69 Å². The standard InChI is InChI=1S/C13H20N2O/c1-13(2)5-3-7-15(10-13)12-4-6-14-11(8-12)9-16/h4,6,8,16H,3,5,7,9-10H2,1-2H3. The summed E-state index contributed by atoms with van der Waals surface area (Å²) in [6.45, 7) is 6.84. The molecule has 1 saturated heterocycles. The Morgan fingerprint density at radius 1 is 1.50 bits per heavy atom. The van der Waals surface area contributed by atoms with E-state index < -0.39 is 0 Å². The lowest BCUT2D eigenvalue weighted by Crippen LogP contribution is -2.40. The number of aliphatic hydroxyl groups is 1. The molecular formula is C13H20N2O. The lowest BCUT2D eigenvalue weighted by molar-refractivity contribution is 0.276. The lowest BCUT2D eigenvalue weighted by atomic mass is 9.84. The molecule has 1 aromatic heterocycles. The van der Waals surface area contributed by atoms with E-state index >= 15 is 0 Å². The van der Waals surface area contributed by atoms with Gasteiger partial charge in [0, 0.05) is 25.0 Å². The van der Waals surface area contributed by atoms with Gasteiger partial charge >= 0.3 is 0 Å². The summed E-state index contributed by atoms with van der Waals surface area (Å²) in [5.74, 6) is 0. The van der Waals surface area contributed by atoms with Gasteiger partial charge in [-0.2, -0.15) is 0 Å². The Kier molecular flexibility index (Phi) is 3.15. The number of hydrogen-bond acceptors (Lipinski definition) is 3. The van der Waals surface area contributed by atoms with Gasteiger partial charge < -0.3 is 10.0 Å². The highest BCUT2D eigenvalue weighted by atomic mass is 16.3. The number of anilines is 1. The Labute approximate surface area is 97.1 Å². The molecule has 88 valence electrons. The fraction of sp³-hybridized carbons (Fsp3) is 0.615. The molecule has 0 atom stereocenters. The third-order valence-electron chi connectivity index (χ3n) is 3.23. The van der Waals surface area contributed by atoms with Gasteiger partial charge in [0.25, 0.3) is 0 Å². The Hall–Kier alpha value is -1.09. The molecule has 0 unspecified atom stereocenters. The third-order valence-corrected chi connectivity index (χ3v) is 3.23. The first kappa shape index (κ1) is 11.4. The van der Waals surface area contributed by atoms with Gasteiger partial charge in [0.2, 0.25) is 0 Å². The van der Waals surface area contributed by atoms with Gasteiger partial charge in [-0.05, 0) is 30.4 Å². The van der Waals surface area contributed by atoms with Crippen molar-refractivity contribution in [3.8, 4) is 0 Å². The van der Waals surface area contributed by atoms with Crippen LogP contribution in [0.15, 0.2) is 18.3 Å². The quantitative estimate of drug-likeness (QED) is 0.830. The average Bonchev–Trinajstić information content (AvgIpc) is 2.28. The predicted octanol–water partition coefficient (Wildman–Crippen LogP) is 2.20. The summed E-state index contributed by atoms with van der Waals surface area (Å²) in [5.41, 5.74) is 2.33. The topological polar surface area (TPSA) is 36.4 Å². The van der Waals surface area contributed by atoms with E-state index in [4.69, 9.17) is 5.11 Å². The van der Waals surface area contributed by atoms with Gasteiger partial charge in [-0.25, -0.2) is 0 Å². The van der Waals surface area contributed by atoms with Crippen LogP contribution >= 0.6 is 0 Å². The molecule has 2 rings (SSSR count). The molecule has 3 heteroatoms. The van der Waals surface area contributed by atoms with Crippen molar-refractivity contribution in [3.05, 3.63) is 24.0 Å². The van der Waals surface area contributed by atoms with Crippen LogP contribution in [0.1, 0.15) is 32.4 Å². The maximum atomic E-state index is 9.08. The highest BCUT2D eigenvalue weighted by Gasteiger charge is 2.26. The fourth-order valence-electron chi connectivity index (χ4n) is 2.39. The second-order valence-electron chi connectivity index (χ2n) is 5.35. The molecule has 1 aliphatic heterocycles. The number of aromatic nitrogens is 1. The summed E-state index contributed by atoms with van der Waals surface area (Å²) in [4.78, 5) is 6.51. The minimum Gasteiger partial charge on any atom is -0.390 e. The SMILES string of the molecule is CC1(C)CCCN(c2ccnc(CO)c2)C1. The minimum atomic E-state index is 0.0189. The molecule has 1 N–H and O–H groups in total. The van der Waals surface area contributed by atoms with Crippen molar-refractivity contribution in [2.75, 3.05) is 18.0 Å². The number of rotatable bonds is 2. The van der Waals surface area contributed by atoms with E-state index in [9.17, 15) is 0 Å². The number of aliphatic hydroxyl groups excluding tert-OH is 1. The molecule has 2 heterocycles. The van der Waals surface area contributed by atoms with E-state index in [1.165, 1.54) is 18.5 Å². The zero-order valence-corrected chi connectivity index (χ0v) is 10.1. The van der Waals surface area contributed by atoms with Crippen LogP contribution in [0.5, 0.6) is 0 Å². The maximum Gasteiger partial charge on any atom is 0.0853 e. The van der Waals surface area contributed by atoms with Crippen LogP contribution in [0.2, 0.25) is 0 Å². The van der Waals surface area contributed by atoms with Crippen molar-refractivity contribution in [2.24, 2.45) is 5.41 Å². The van der Waals surface area contributed by atoms with Gasteiger partial charge in [0.1, 0.15) is 0 Å². The Morgan fingerprint density at radius 3 is 3.00 bits per heavy atom. The highest BCUT2D eigenvalue weighted by Crippen LogP contribution is 2.31. The third kappa shape index (κ3) is 2.53. The molecule has 3 nitrogen and oxygen atoms in total. The molecule has 1 fully saturated rings. The van der Waals surface area contributed by atoms with Crippen LogP contribution < -0.4 is 4.90 Å². The summed E-state index contributed by atoms with van der Waals surface area (Å²) in [7, 11) is 0. The number of piperidine rings is 1. The molecule has 0 saturated carbocycles. The molecule has 0 radical (unpaired) electrons. The van der Waals surface area contributed by atoms with E-state index in [0.717, 1.165) is 18.8 Å². The van der Waals surface area contributed by atoms with Crippen molar-refractivity contribution in [2.45, 2.75) is 33.3 Å². The summed E-state index contributed by atoms with van der Waals surface area (Å²) in [5, 5.41) is 9.08. The molecule has 0 aliphatic carbocycles. The van der Waals surface area contributed by atoms with Crippen LogP contribution in [0.25, 0.3) is 0 Å². The van der Waals surface area contributed by atoms with Crippen LogP contribution in [-0.2, 0) is 6.61 Å². The lowest BCUT2D eigenvalue weighted by Gasteiger charge is -2.39. The average molecular weight is 220 g/mol. The molecule has 1 aromatic rings. The zero-order valence-electron chi connectivity index (χ0n) is 10.1. The monoisotopic (exact) mass is 220 g/mol. The first-order valence-electron chi connectivity index (χ1n) is 5.91. The van der Waals surface area contributed by atoms with Crippen LogP contribution in [0.3, 0.4) is 0 Å². The number of pyridine rings is 1. The van der Waals surface area contributed by atoms with E-state index in [1.807, 2.05) is 12.1 Å². The first-order chi connectivity index (χ1) is 7.61. The van der Waals surface area contributed by atoms with Gasteiger partial charge in [-0.15, -0.1) is 0 Å². The summed E-state index contributed by atoms with van der Waals surface area (Å²) < 4.78 is 0. The van der Waals surface area contributed by atoms with E-state index in [0.29, 0.717) is 5.41 Å². The summed E-state index contributed by atoms with van der Waals surface area (Å²) in [6, 6.07) is 4.02. The van der Waals surface area contributed by atoms with Gasteiger partial charge in [-0.1, -0.05) is 13.8 Å². The fourth-order valence-corrected chi connectivity index (χ4v) is 2.39. The maximum absolute atomic E-state index is 9.08. The smallest absolute Gasteiger partial charge is 0.0853 e. The van der Waals surface area contributed by atoms with Crippen molar-refractivity contribution in [1.82, 2.24) is 4.98 Å². The van der Waals surface area contributed by atoms with Crippen molar-refractivity contribution in [3.63, 3.8) is 0 Å². The highest BCUT2D eigenvalue weighted by molar-refractivity contribution is 5.47. The Balaban J connectivity index is 2.16. The Bertz CT molecular complexity index is 363. The van der Waals surface area contributed by atoms with Gasteiger partial charge in [-0.3, -0.25) is 4.98 Å². The summed E-state index contributed by atoms with van der Waals surface area (Å²) in [6.07, 6.45) is 4.31. The molecular weight excluding hydrogens is 200 g/mol. The van der Waals surface area contributed by atoms with Crippen LogP contribution in [0.4, 0.5) is 5.69 Å². The van der Waals surface area contributed by atoms with Crippen LogP contribution in [0, 0.1) is 5.41 Å². The molecule has 16 heavy (non-hydrogen) atoms. The Morgan fingerprint density at radius 2 is 2.31 bits per heavy atom. The van der Waals surface area contributed by atoms with E-state index in [2.05, 4.69) is 23.7 Å². The molecule has 0 bridgehead atoms. The molecule has 0 amide bonds. The van der Waals surface area contributed by atoms with E-state index in [-0.39, 0.29) is 6.61 Å². The number of nitrogens with zero attached hydrogens (tertiary/aromatic N) is 2.